The van der Waals surface area contributed by atoms with E-state index in [0.717, 1.165) is 30.8 Å². The van der Waals surface area contributed by atoms with Crippen LogP contribution in [0.3, 0.4) is 0 Å². The molecule has 2 rings (SSSR count). The van der Waals surface area contributed by atoms with Gasteiger partial charge in [0.25, 0.3) is 0 Å². The van der Waals surface area contributed by atoms with E-state index in [0.29, 0.717) is 0 Å². The third-order valence-corrected chi connectivity index (χ3v) is 3.12. The van der Waals surface area contributed by atoms with Gasteiger partial charge in [0.1, 0.15) is 17.2 Å². The maximum Gasteiger partial charge on any atom is 0.130 e. The fourth-order valence-electron chi connectivity index (χ4n) is 2.06. The SMILES string of the molecule is CCCc1cc(CC)ccc1Oc1ccc(O)cc1. The minimum Gasteiger partial charge on any atom is -0.508 e. The van der Waals surface area contributed by atoms with Crippen molar-refractivity contribution < 1.29 is 9.84 Å². The van der Waals surface area contributed by atoms with E-state index in [2.05, 4.69) is 26.0 Å². The summed E-state index contributed by atoms with van der Waals surface area (Å²) in [5, 5.41) is 9.27. The third kappa shape index (κ3) is 3.50. The van der Waals surface area contributed by atoms with E-state index in [4.69, 9.17) is 4.74 Å². The molecule has 2 heteroatoms. The number of benzene rings is 2. The maximum atomic E-state index is 9.27. The maximum absolute atomic E-state index is 9.27. The molecule has 2 aromatic rings. The first kappa shape index (κ1) is 13.5. The van der Waals surface area contributed by atoms with E-state index in [1.165, 1.54) is 11.1 Å². The molecule has 0 aliphatic rings. The number of hydrogen-bond donors (Lipinski definition) is 1. The predicted molar refractivity (Wildman–Crippen MR) is 78.0 cm³/mol. The van der Waals surface area contributed by atoms with Crippen LogP contribution in [0.15, 0.2) is 42.5 Å². The second kappa shape index (κ2) is 6.28. The Labute approximate surface area is 114 Å². The normalized spacial score (nSPS) is 10.4. The monoisotopic (exact) mass is 256 g/mol. The Morgan fingerprint density at radius 1 is 1.00 bits per heavy atom. The van der Waals surface area contributed by atoms with E-state index >= 15 is 0 Å². The highest BCUT2D eigenvalue weighted by Gasteiger charge is 2.05. The lowest BCUT2D eigenvalue weighted by Gasteiger charge is -2.12. The smallest absolute Gasteiger partial charge is 0.130 e. The van der Waals surface area contributed by atoms with Gasteiger partial charge in [0.15, 0.2) is 0 Å². The van der Waals surface area contributed by atoms with Gasteiger partial charge in [-0.25, -0.2) is 0 Å². The van der Waals surface area contributed by atoms with Gasteiger partial charge in [0.05, 0.1) is 0 Å². The fraction of sp³-hybridized carbons (Fsp3) is 0.294. The van der Waals surface area contributed by atoms with Crippen LogP contribution < -0.4 is 4.74 Å². The molecule has 0 heterocycles. The first-order chi connectivity index (χ1) is 9.22. The average Bonchev–Trinajstić information content (AvgIpc) is 2.43. The van der Waals surface area contributed by atoms with Gasteiger partial charge >= 0.3 is 0 Å². The number of phenolic OH excluding ortho intramolecular Hbond substituents is 1. The quantitative estimate of drug-likeness (QED) is 0.840. The van der Waals surface area contributed by atoms with Gasteiger partial charge in [0.2, 0.25) is 0 Å². The van der Waals surface area contributed by atoms with Crippen molar-refractivity contribution in [3.05, 3.63) is 53.6 Å². The highest BCUT2D eigenvalue weighted by molar-refractivity contribution is 5.41. The van der Waals surface area contributed by atoms with E-state index in [1.54, 1.807) is 24.3 Å². The van der Waals surface area contributed by atoms with Gasteiger partial charge in [-0.05, 0) is 54.3 Å². The Morgan fingerprint density at radius 3 is 2.37 bits per heavy atom. The Balaban J connectivity index is 2.25. The van der Waals surface area contributed by atoms with Crippen LogP contribution in [0.2, 0.25) is 0 Å². The zero-order chi connectivity index (χ0) is 13.7. The van der Waals surface area contributed by atoms with E-state index < -0.39 is 0 Å². The molecule has 0 amide bonds. The molecule has 2 nitrogen and oxygen atoms in total. The number of aromatic hydroxyl groups is 1. The molecular weight excluding hydrogens is 236 g/mol. The summed E-state index contributed by atoms with van der Waals surface area (Å²) in [5.41, 5.74) is 2.58. The molecule has 1 N–H and O–H groups in total. The second-order valence-electron chi connectivity index (χ2n) is 4.64. The molecule has 0 radical (unpaired) electrons. The molecule has 0 aliphatic heterocycles. The second-order valence-corrected chi connectivity index (χ2v) is 4.64. The van der Waals surface area contributed by atoms with Crippen LogP contribution in [-0.4, -0.2) is 5.11 Å². The molecule has 2 aromatic carbocycles. The summed E-state index contributed by atoms with van der Waals surface area (Å²) < 4.78 is 5.91. The predicted octanol–water partition coefficient (Wildman–Crippen LogP) is 4.70. The Kier molecular flexibility index (Phi) is 4.45. The average molecular weight is 256 g/mol. The van der Waals surface area contributed by atoms with Gasteiger partial charge in [-0.15, -0.1) is 0 Å². The molecule has 19 heavy (non-hydrogen) atoms. The Hall–Kier alpha value is -1.96. The summed E-state index contributed by atoms with van der Waals surface area (Å²) >= 11 is 0. The van der Waals surface area contributed by atoms with Crippen molar-refractivity contribution in [2.24, 2.45) is 0 Å². The first-order valence-corrected chi connectivity index (χ1v) is 6.81. The van der Waals surface area contributed by atoms with Crippen LogP contribution in [0.5, 0.6) is 17.2 Å². The van der Waals surface area contributed by atoms with E-state index in [9.17, 15) is 5.11 Å². The largest absolute Gasteiger partial charge is 0.508 e. The molecule has 0 unspecified atom stereocenters. The standard InChI is InChI=1S/C17H20O2/c1-3-5-14-12-13(4-2)6-11-17(14)19-16-9-7-15(18)8-10-16/h6-12,18H,3-5H2,1-2H3. The Morgan fingerprint density at radius 2 is 1.74 bits per heavy atom. The summed E-state index contributed by atoms with van der Waals surface area (Å²) in [5.74, 6) is 1.91. The van der Waals surface area contributed by atoms with Gasteiger partial charge < -0.3 is 9.84 Å². The summed E-state index contributed by atoms with van der Waals surface area (Å²) in [6.07, 6.45) is 3.15. The highest BCUT2D eigenvalue weighted by Crippen LogP contribution is 2.28. The molecule has 0 fully saturated rings. The summed E-state index contributed by atoms with van der Waals surface area (Å²) in [4.78, 5) is 0. The van der Waals surface area contributed by atoms with Crippen molar-refractivity contribution in [1.29, 1.82) is 0 Å². The Bertz CT molecular complexity index is 529. The first-order valence-electron chi connectivity index (χ1n) is 6.81. The van der Waals surface area contributed by atoms with Crippen LogP contribution in [0.25, 0.3) is 0 Å². The van der Waals surface area contributed by atoms with Crippen molar-refractivity contribution >= 4 is 0 Å². The number of hydrogen-bond acceptors (Lipinski definition) is 2. The molecule has 0 spiro atoms. The zero-order valence-electron chi connectivity index (χ0n) is 11.5. The fourth-order valence-corrected chi connectivity index (χ4v) is 2.06. The topological polar surface area (TPSA) is 29.5 Å². The molecule has 0 saturated heterocycles. The van der Waals surface area contributed by atoms with Crippen LogP contribution in [0.4, 0.5) is 0 Å². The van der Waals surface area contributed by atoms with Gasteiger partial charge in [-0.3, -0.25) is 0 Å². The summed E-state index contributed by atoms with van der Waals surface area (Å²) in [7, 11) is 0. The third-order valence-electron chi connectivity index (χ3n) is 3.12. The summed E-state index contributed by atoms with van der Waals surface area (Å²) in [6, 6.07) is 13.2. The number of rotatable bonds is 5. The van der Waals surface area contributed by atoms with Crippen LogP contribution in [-0.2, 0) is 12.8 Å². The molecular formula is C17H20O2. The van der Waals surface area contributed by atoms with Crippen LogP contribution >= 0.6 is 0 Å². The molecule has 100 valence electrons. The van der Waals surface area contributed by atoms with Crippen molar-refractivity contribution in [2.45, 2.75) is 33.1 Å². The van der Waals surface area contributed by atoms with Crippen molar-refractivity contribution in [2.75, 3.05) is 0 Å². The highest BCUT2D eigenvalue weighted by atomic mass is 16.5. The van der Waals surface area contributed by atoms with Crippen LogP contribution in [0.1, 0.15) is 31.4 Å². The molecule has 0 atom stereocenters. The lowest BCUT2D eigenvalue weighted by molar-refractivity contribution is 0.461. The van der Waals surface area contributed by atoms with Gasteiger partial charge in [-0.2, -0.15) is 0 Å². The lowest BCUT2D eigenvalue weighted by atomic mass is 10.0. The number of aryl methyl sites for hydroxylation is 2. The van der Waals surface area contributed by atoms with Crippen molar-refractivity contribution in [3.63, 3.8) is 0 Å². The minimum absolute atomic E-state index is 0.252. The summed E-state index contributed by atoms with van der Waals surface area (Å²) in [6.45, 7) is 4.33. The van der Waals surface area contributed by atoms with E-state index in [-0.39, 0.29) is 5.75 Å². The number of ether oxygens (including phenoxy) is 1. The van der Waals surface area contributed by atoms with E-state index in [1.807, 2.05) is 6.07 Å². The number of phenols is 1. The molecule has 0 aromatic heterocycles. The molecule has 0 aliphatic carbocycles. The molecule has 0 bridgehead atoms. The van der Waals surface area contributed by atoms with Crippen LogP contribution in [0, 0.1) is 0 Å². The van der Waals surface area contributed by atoms with Crippen molar-refractivity contribution in [3.8, 4) is 17.2 Å². The lowest BCUT2D eigenvalue weighted by Crippen LogP contribution is -1.93. The van der Waals surface area contributed by atoms with Gasteiger partial charge in [-0.1, -0.05) is 32.4 Å². The minimum atomic E-state index is 0.252. The molecule has 0 saturated carbocycles. The van der Waals surface area contributed by atoms with Gasteiger partial charge in [0, 0.05) is 0 Å². The zero-order valence-corrected chi connectivity index (χ0v) is 11.5. The van der Waals surface area contributed by atoms with Crippen molar-refractivity contribution in [1.82, 2.24) is 0 Å².